The summed E-state index contributed by atoms with van der Waals surface area (Å²) in [5, 5.41) is 0.632. The number of nitrogens with zero attached hydrogens (tertiary/aromatic N) is 1. The maximum Gasteiger partial charge on any atom is 0.0589 e. The van der Waals surface area contributed by atoms with Crippen LogP contribution < -0.4 is 5.73 Å². The molecule has 54 valence electrons. The monoisotopic (exact) mass is 156 g/mol. The van der Waals surface area contributed by atoms with E-state index in [1.165, 1.54) is 0 Å². The van der Waals surface area contributed by atoms with Crippen LogP contribution in [0.25, 0.3) is 0 Å². The second-order valence-electron chi connectivity index (χ2n) is 2.17. The van der Waals surface area contributed by atoms with Gasteiger partial charge in [-0.2, -0.15) is 0 Å². The van der Waals surface area contributed by atoms with Crippen LogP contribution in [0.3, 0.4) is 0 Å². The van der Waals surface area contributed by atoms with E-state index in [1.54, 1.807) is 17.2 Å². The highest BCUT2D eigenvalue weighted by Crippen LogP contribution is 2.19. The summed E-state index contributed by atoms with van der Waals surface area (Å²) in [5.74, 6) is 0. The van der Waals surface area contributed by atoms with E-state index in [-0.39, 0.29) is 0 Å². The molecule has 0 fully saturated rings. The minimum Gasteiger partial charge on any atom is -0.397 e. The molecule has 1 rings (SSSR count). The van der Waals surface area contributed by atoms with Crippen molar-refractivity contribution in [2.24, 2.45) is 5.73 Å². The van der Waals surface area contributed by atoms with Crippen molar-refractivity contribution >= 4 is 11.6 Å². The molecule has 0 radical (unpaired) electrons. The number of hydrogen-bond donors (Lipinski definition) is 1. The Bertz CT molecular complexity index is 228. The minimum absolute atomic E-state index is 0.620. The zero-order valence-electron chi connectivity index (χ0n) is 5.76. The normalized spacial score (nSPS) is 18.6. The predicted octanol–water partition coefficient (Wildman–Crippen LogP) is 1.37. The summed E-state index contributed by atoms with van der Waals surface area (Å²) in [6.45, 7) is 3.74. The Morgan fingerprint density at radius 2 is 2.30 bits per heavy atom. The quantitative estimate of drug-likeness (QED) is 0.574. The number of likely N-dealkylation sites (N-methyl/N-ethyl adjacent to an activating group) is 1. The number of halogens is 1. The SMILES string of the molecule is C=C1C(N)=CC(Cl)=CN1C. The van der Waals surface area contributed by atoms with Crippen molar-refractivity contribution < 1.29 is 0 Å². The molecule has 2 N–H and O–H groups in total. The van der Waals surface area contributed by atoms with Crippen molar-refractivity contribution in [2.45, 2.75) is 0 Å². The highest BCUT2D eigenvalue weighted by Gasteiger charge is 2.08. The highest BCUT2D eigenvalue weighted by molar-refractivity contribution is 6.31. The van der Waals surface area contributed by atoms with Crippen molar-refractivity contribution in [3.63, 3.8) is 0 Å². The van der Waals surface area contributed by atoms with Gasteiger partial charge in [-0.05, 0) is 6.08 Å². The molecule has 0 aliphatic carbocycles. The molecule has 3 heteroatoms. The van der Waals surface area contributed by atoms with Gasteiger partial charge >= 0.3 is 0 Å². The topological polar surface area (TPSA) is 29.3 Å². The molecule has 0 saturated heterocycles. The second-order valence-corrected chi connectivity index (χ2v) is 2.61. The van der Waals surface area contributed by atoms with Crippen LogP contribution in [-0.2, 0) is 0 Å². The number of hydrogen-bond acceptors (Lipinski definition) is 2. The standard InChI is InChI=1S/C7H9ClN2/c1-5-7(9)3-6(8)4-10(5)2/h3-4H,1,9H2,2H3. The second kappa shape index (κ2) is 2.39. The summed E-state index contributed by atoms with van der Waals surface area (Å²) in [6.07, 6.45) is 3.45. The van der Waals surface area contributed by atoms with Gasteiger partial charge in [-0.3, -0.25) is 0 Å². The van der Waals surface area contributed by atoms with Gasteiger partial charge in [-0.1, -0.05) is 18.2 Å². The molecule has 10 heavy (non-hydrogen) atoms. The summed E-state index contributed by atoms with van der Waals surface area (Å²) in [5.41, 5.74) is 6.96. The Labute approximate surface area is 65.3 Å². The zero-order chi connectivity index (χ0) is 7.72. The van der Waals surface area contributed by atoms with E-state index in [9.17, 15) is 0 Å². The van der Waals surface area contributed by atoms with E-state index in [0.717, 1.165) is 5.70 Å². The molecule has 0 aromatic rings. The van der Waals surface area contributed by atoms with E-state index in [2.05, 4.69) is 6.58 Å². The number of nitrogens with two attached hydrogens (primary N) is 1. The Hall–Kier alpha value is -0.890. The summed E-state index contributed by atoms with van der Waals surface area (Å²) >= 11 is 5.69. The fraction of sp³-hybridized carbons (Fsp3) is 0.143. The fourth-order valence-electron chi connectivity index (χ4n) is 0.736. The van der Waals surface area contributed by atoms with Gasteiger partial charge < -0.3 is 10.6 Å². The van der Waals surface area contributed by atoms with Crippen LogP contribution in [0.15, 0.2) is 35.3 Å². The molecule has 0 atom stereocenters. The van der Waals surface area contributed by atoms with Gasteiger partial charge in [-0.25, -0.2) is 0 Å². The average Bonchev–Trinajstić information content (AvgIpc) is 1.82. The maximum absolute atomic E-state index is 5.69. The van der Waals surface area contributed by atoms with E-state index in [0.29, 0.717) is 10.7 Å². The van der Waals surface area contributed by atoms with E-state index in [1.807, 2.05) is 7.05 Å². The largest absolute Gasteiger partial charge is 0.397 e. The maximum atomic E-state index is 5.69. The third-order valence-corrected chi connectivity index (χ3v) is 1.58. The number of rotatable bonds is 0. The lowest BCUT2D eigenvalue weighted by Gasteiger charge is -2.21. The number of allylic oxidation sites excluding steroid dienone is 2. The van der Waals surface area contributed by atoms with Crippen LogP contribution in [0.1, 0.15) is 0 Å². The minimum atomic E-state index is 0.620. The molecule has 0 saturated carbocycles. The van der Waals surface area contributed by atoms with Gasteiger partial charge in [0.05, 0.1) is 16.4 Å². The average molecular weight is 157 g/mol. The summed E-state index contributed by atoms with van der Waals surface area (Å²) in [7, 11) is 1.85. The van der Waals surface area contributed by atoms with Gasteiger partial charge in [-0.15, -0.1) is 0 Å². The molecule has 1 heterocycles. The van der Waals surface area contributed by atoms with E-state index >= 15 is 0 Å². The summed E-state index contributed by atoms with van der Waals surface area (Å²) < 4.78 is 0. The third kappa shape index (κ3) is 1.16. The lowest BCUT2D eigenvalue weighted by molar-refractivity contribution is 0.572. The van der Waals surface area contributed by atoms with Crippen LogP contribution in [0, 0.1) is 0 Å². The van der Waals surface area contributed by atoms with Crippen LogP contribution in [0.5, 0.6) is 0 Å². The van der Waals surface area contributed by atoms with Gasteiger partial charge in [0, 0.05) is 13.2 Å². The van der Waals surface area contributed by atoms with Crippen LogP contribution in [-0.4, -0.2) is 11.9 Å². The van der Waals surface area contributed by atoms with Crippen LogP contribution >= 0.6 is 11.6 Å². The van der Waals surface area contributed by atoms with Gasteiger partial charge in [0.1, 0.15) is 0 Å². The molecule has 2 nitrogen and oxygen atoms in total. The van der Waals surface area contributed by atoms with Crippen molar-refractivity contribution in [2.75, 3.05) is 7.05 Å². The third-order valence-electron chi connectivity index (χ3n) is 1.37. The molecular formula is C7H9ClN2. The fourth-order valence-corrected chi connectivity index (χ4v) is 1.000. The predicted molar refractivity (Wildman–Crippen MR) is 43.1 cm³/mol. The lowest BCUT2D eigenvalue weighted by atomic mass is 10.2. The Balaban J connectivity index is 2.95. The highest BCUT2D eigenvalue weighted by atomic mass is 35.5. The zero-order valence-corrected chi connectivity index (χ0v) is 6.52. The van der Waals surface area contributed by atoms with Gasteiger partial charge in [0.25, 0.3) is 0 Å². The van der Waals surface area contributed by atoms with Crippen LogP contribution in [0.2, 0.25) is 0 Å². The first-order chi connectivity index (χ1) is 4.61. The molecule has 1 aliphatic rings. The molecule has 0 unspecified atom stereocenters. The Morgan fingerprint density at radius 1 is 1.70 bits per heavy atom. The Kier molecular flexibility index (Phi) is 1.72. The van der Waals surface area contributed by atoms with E-state index in [4.69, 9.17) is 17.3 Å². The summed E-state index contributed by atoms with van der Waals surface area (Å²) in [6, 6.07) is 0. The first kappa shape index (κ1) is 7.22. The first-order valence-electron chi connectivity index (χ1n) is 2.88. The smallest absolute Gasteiger partial charge is 0.0589 e. The van der Waals surface area contributed by atoms with Gasteiger partial charge in [0.2, 0.25) is 0 Å². The molecule has 0 spiro atoms. The van der Waals surface area contributed by atoms with E-state index < -0.39 is 0 Å². The lowest BCUT2D eigenvalue weighted by Crippen LogP contribution is -2.18. The molecule has 0 aromatic heterocycles. The molecule has 0 aromatic carbocycles. The first-order valence-corrected chi connectivity index (χ1v) is 3.25. The van der Waals surface area contributed by atoms with Gasteiger partial charge in [0.15, 0.2) is 0 Å². The Morgan fingerprint density at radius 3 is 2.80 bits per heavy atom. The molecular weight excluding hydrogens is 148 g/mol. The van der Waals surface area contributed by atoms with Crippen molar-refractivity contribution in [3.8, 4) is 0 Å². The molecule has 0 bridgehead atoms. The van der Waals surface area contributed by atoms with Crippen LogP contribution in [0.4, 0.5) is 0 Å². The van der Waals surface area contributed by atoms with Crippen molar-refractivity contribution in [1.82, 2.24) is 4.90 Å². The summed E-state index contributed by atoms with van der Waals surface area (Å²) in [4.78, 5) is 1.79. The van der Waals surface area contributed by atoms with Crippen molar-refractivity contribution in [3.05, 3.63) is 35.3 Å². The molecule has 1 aliphatic heterocycles. The van der Waals surface area contributed by atoms with Crippen molar-refractivity contribution in [1.29, 1.82) is 0 Å². The molecule has 0 amide bonds.